The normalized spacial score (nSPS) is 24.8. The second-order valence-electron chi connectivity index (χ2n) is 9.01. The molecule has 0 bridgehead atoms. The molecule has 2 aromatic rings. The third kappa shape index (κ3) is 3.93. The van der Waals surface area contributed by atoms with Crippen LogP contribution < -0.4 is 0 Å². The quantitative estimate of drug-likeness (QED) is 0.677. The van der Waals surface area contributed by atoms with Gasteiger partial charge in [-0.3, -0.25) is 19.4 Å². The van der Waals surface area contributed by atoms with E-state index in [1.807, 2.05) is 74.5 Å². The first-order valence-electron chi connectivity index (χ1n) is 11.5. The van der Waals surface area contributed by atoms with Gasteiger partial charge in [-0.25, -0.2) is 9.59 Å². The molecular weight excluding hydrogens is 432 g/mol. The van der Waals surface area contributed by atoms with Crippen molar-refractivity contribution in [2.24, 2.45) is 0 Å². The van der Waals surface area contributed by atoms with Gasteiger partial charge in [0, 0.05) is 26.9 Å². The SMILES string of the molecule is C[C@H]1[C@@H](c2ccccc2)N(C(=O)CCC(=O)N2C(=O)N(C)[C@@H](C)[C@H]2c2ccccc2)C(=O)N1C. The van der Waals surface area contributed by atoms with E-state index in [1.165, 1.54) is 9.80 Å². The highest BCUT2D eigenvalue weighted by atomic mass is 16.2. The Labute approximate surface area is 199 Å². The van der Waals surface area contributed by atoms with Crippen LogP contribution in [-0.2, 0) is 9.59 Å². The summed E-state index contributed by atoms with van der Waals surface area (Å²) in [5, 5.41) is 0. The van der Waals surface area contributed by atoms with Crippen molar-refractivity contribution in [2.75, 3.05) is 14.1 Å². The van der Waals surface area contributed by atoms with Crippen molar-refractivity contribution in [1.82, 2.24) is 19.6 Å². The van der Waals surface area contributed by atoms with Crippen LogP contribution in [0, 0.1) is 0 Å². The van der Waals surface area contributed by atoms with Crippen LogP contribution in [0.4, 0.5) is 9.59 Å². The van der Waals surface area contributed by atoms with Crippen molar-refractivity contribution in [3.8, 4) is 0 Å². The zero-order valence-electron chi connectivity index (χ0n) is 19.9. The fourth-order valence-electron chi connectivity index (χ4n) is 4.92. The number of hydrogen-bond donors (Lipinski definition) is 0. The van der Waals surface area contributed by atoms with E-state index in [1.54, 1.807) is 23.9 Å². The van der Waals surface area contributed by atoms with Crippen LogP contribution in [0.1, 0.15) is 49.9 Å². The van der Waals surface area contributed by atoms with Crippen molar-refractivity contribution >= 4 is 23.9 Å². The van der Waals surface area contributed by atoms with Crippen LogP contribution in [0.3, 0.4) is 0 Å². The third-order valence-corrected chi connectivity index (χ3v) is 7.08. The van der Waals surface area contributed by atoms with E-state index < -0.39 is 23.9 Å². The number of likely N-dealkylation sites (N-methyl/N-ethyl adjacent to an activating group) is 2. The number of amides is 6. The standard InChI is InChI=1S/C26H30N4O4/c1-17-23(19-11-7-5-8-12-19)29(25(33)27(17)3)21(31)15-16-22(32)30-24(18(2)28(4)26(30)34)20-13-9-6-10-14-20/h5-14,17-18,23-24H,15-16H2,1-4H3/t17-,18-,23-,24-/m0/s1. The Balaban J connectivity index is 1.52. The van der Waals surface area contributed by atoms with E-state index >= 15 is 0 Å². The zero-order valence-corrected chi connectivity index (χ0v) is 19.9. The van der Waals surface area contributed by atoms with Crippen LogP contribution in [0.5, 0.6) is 0 Å². The minimum absolute atomic E-state index is 0.155. The van der Waals surface area contributed by atoms with Gasteiger partial charge in [-0.1, -0.05) is 60.7 Å². The first-order chi connectivity index (χ1) is 16.2. The maximum atomic E-state index is 13.2. The fraction of sp³-hybridized carbons (Fsp3) is 0.385. The second-order valence-corrected chi connectivity index (χ2v) is 9.01. The van der Waals surface area contributed by atoms with Gasteiger partial charge in [0.15, 0.2) is 0 Å². The van der Waals surface area contributed by atoms with Crippen molar-refractivity contribution in [2.45, 2.75) is 50.9 Å². The molecule has 0 spiro atoms. The van der Waals surface area contributed by atoms with Crippen LogP contribution in [0.15, 0.2) is 60.7 Å². The highest BCUT2D eigenvalue weighted by Crippen LogP contribution is 2.37. The molecule has 2 aliphatic heterocycles. The number of carbonyl (C=O) groups excluding carboxylic acids is 4. The summed E-state index contributed by atoms with van der Waals surface area (Å²) in [5.41, 5.74) is 1.73. The molecule has 2 fully saturated rings. The van der Waals surface area contributed by atoms with E-state index in [0.29, 0.717) is 0 Å². The molecule has 2 heterocycles. The first-order valence-corrected chi connectivity index (χ1v) is 11.5. The second kappa shape index (κ2) is 9.29. The summed E-state index contributed by atoms with van der Waals surface area (Å²) in [6.45, 7) is 3.80. The molecule has 34 heavy (non-hydrogen) atoms. The summed E-state index contributed by atoms with van der Waals surface area (Å²) in [5.74, 6) is -0.847. The molecule has 2 saturated heterocycles. The van der Waals surface area contributed by atoms with Crippen molar-refractivity contribution in [1.29, 1.82) is 0 Å². The van der Waals surface area contributed by atoms with E-state index in [4.69, 9.17) is 0 Å². The number of hydrogen-bond acceptors (Lipinski definition) is 4. The Bertz CT molecular complexity index is 1000. The van der Waals surface area contributed by atoms with E-state index in [9.17, 15) is 19.2 Å². The number of benzene rings is 2. The molecule has 0 saturated carbocycles. The van der Waals surface area contributed by atoms with Crippen molar-refractivity contribution in [3.63, 3.8) is 0 Å². The predicted molar refractivity (Wildman–Crippen MR) is 127 cm³/mol. The van der Waals surface area contributed by atoms with Gasteiger partial charge in [0.05, 0.1) is 24.2 Å². The topological polar surface area (TPSA) is 81.2 Å². The molecule has 0 radical (unpaired) electrons. The monoisotopic (exact) mass is 462 g/mol. The molecule has 178 valence electrons. The van der Waals surface area contributed by atoms with Gasteiger partial charge in [0.1, 0.15) is 0 Å². The average molecular weight is 463 g/mol. The summed E-state index contributed by atoms with van der Waals surface area (Å²) in [7, 11) is 3.35. The molecule has 8 heteroatoms. The number of carbonyl (C=O) groups is 4. The molecule has 4 atom stereocenters. The van der Waals surface area contributed by atoms with E-state index in [2.05, 4.69) is 0 Å². The number of rotatable bonds is 5. The summed E-state index contributed by atoms with van der Waals surface area (Å²) < 4.78 is 0. The molecule has 6 amide bonds. The molecule has 2 aromatic carbocycles. The van der Waals surface area contributed by atoms with Crippen LogP contribution >= 0.6 is 0 Å². The van der Waals surface area contributed by atoms with E-state index in [0.717, 1.165) is 11.1 Å². The maximum Gasteiger partial charge on any atom is 0.327 e. The molecule has 4 rings (SSSR count). The summed E-state index contributed by atoms with van der Waals surface area (Å²) in [6, 6.07) is 16.8. The van der Waals surface area contributed by atoms with Crippen molar-refractivity contribution < 1.29 is 19.2 Å². The highest BCUT2D eigenvalue weighted by Gasteiger charge is 2.47. The summed E-state index contributed by atoms with van der Waals surface area (Å²) in [6.07, 6.45) is -0.310. The van der Waals surface area contributed by atoms with Gasteiger partial charge in [0.25, 0.3) is 0 Å². The Morgan fingerprint density at radius 3 is 1.29 bits per heavy atom. The Morgan fingerprint density at radius 2 is 0.971 bits per heavy atom. The summed E-state index contributed by atoms with van der Waals surface area (Å²) >= 11 is 0. The van der Waals surface area contributed by atoms with Gasteiger partial charge >= 0.3 is 12.1 Å². The first kappa shape index (κ1) is 23.5. The maximum absolute atomic E-state index is 13.2. The zero-order chi connectivity index (χ0) is 24.6. The van der Waals surface area contributed by atoms with Gasteiger partial charge in [0.2, 0.25) is 11.8 Å². The molecule has 2 aliphatic rings. The Morgan fingerprint density at radius 1 is 0.647 bits per heavy atom. The lowest BCUT2D eigenvalue weighted by molar-refractivity contribution is -0.135. The van der Waals surface area contributed by atoms with E-state index in [-0.39, 0.29) is 37.0 Å². The lowest BCUT2D eigenvalue weighted by atomic mass is 9.99. The average Bonchev–Trinajstić information content (AvgIpc) is 3.22. The number of imide groups is 2. The van der Waals surface area contributed by atoms with Gasteiger partial charge in [-0.05, 0) is 25.0 Å². The van der Waals surface area contributed by atoms with Crippen LogP contribution in [0.2, 0.25) is 0 Å². The highest BCUT2D eigenvalue weighted by molar-refractivity contribution is 6.01. The Hall–Kier alpha value is -3.68. The minimum atomic E-state index is -0.432. The Kier molecular flexibility index (Phi) is 6.41. The molecule has 0 unspecified atom stereocenters. The van der Waals surface area contributed by atoms with Crippen LogP contribution in [0.25, 0.3) is 0 Å². The smallest absolute Gasteiger partial charge is 0.322 e. The lowest BCUT2D eigenvalue weighted by Gasteiger charge is -2.26. The van der Waals surface area contributed by atoms with Crippen molar-refractivity contribution in [3.05, 3.63) is 71.8 Å². The molecular formula is C26H30N4O4. The largest absolute Gasteiger partial charge is 0.327 e. The number of nitrogens with zero attached hydrogens (tertiary/aromatic N) is 4. The minimum Gasteiger partial charge on any atom is -0.322 e. The molecule has 0 aromatic heterocycles. The fourth-order valence-corrected chi connectivity index (χ4v) is 4.92. The molecule has 0 aliphatic carbocycles. The molecule has 8 nitrogen and oxygen atoms in total. The van der Waals surface area contributed by atoms with Gasteiger partial charge in [-0.2, -0.15) is 0 Å². The van der Waals surface area contributed by atoms with Gasteiger partial charge in [-0.15, -0.1) is 0 Å². The molecule has 0 N–H and O–H groups in total. The van der Waals surface area contributed by atoms with Gasteiger partial charge < -0.3 is 9.80 Å². The van der Waals surface area contributed by atoms with Crippen LogP contribution in [-0.4, -0.2) is 69.7 Å². The number of urea groups is 2. The summed E-state index contributed by atoms with van der Waals surface area (Å²) in [4.78, 5) is 57.8. The predicted octanol–water partition coefficient (Wildman–Crippen LogP) is 3.81. The third-order valence-electron chi connectivity index (χ3n) is 7.08. The lowest BCUT2D eigenvalue weighted by Crippen LogP contribution is -2.39.